The molecule has 1 aromatic heterocycles. The van der Waals surface area contributed by atoms with Gasteiger partial charge in [-0.3, -0.25) is 9.36 Å². The number of halogens is 1. The first-order valence-corrected chi connectivity index (χ1v) is 8.64. The minimum Gasteiger partial charge on any atom is -0.325 e. The summed E-state index contributed by atoms with van der Waals surface area (Å²) >= 11 is 7.17. The lowest BCUT2D eigenvalue weighted by Gasteiger charge is -2.09. The van der Waals surface area contributed by atoms with E-state index in [1.54, 1.807) is 30.6 Å². The molecule has 3 rings (SSSR count). The van der Waals surface area contributed by atoms with Crippen LogP contribution < -0.4 is 5.32 Å². The van der Waals surface area contributed by atoms with Crippen molar-refractivity contribution < 1.29 is 4.79 Å². The van der Waals surface area contributed by atoms with E-state index in [9.17, 15) is 4.79 Å². The number of para-hydroxylation sites is 1. The number of aromatic nitrogens is 3. The van der Waals surface area contributed by atoms with Crippen molar-refractivity contribution in [2.45, 2.75) is 12.1 Å². The molecule has 0 spiro atoms. The Balaban J connectivity index is 1.65. The van der Waals surface area contributed by atoms with Crippen molar-refractivity contribution in [1.82, 2.24) is 14.8 Å². The highest BCUT2D eigenvalue weighted by Crippen LogP contribution is 2.22. The highest BCUT2D eigenvalue weighted by atomic mass is 35.5. The zero-order valence-corrected chi connectivity index (χ0v) is 14.5. The van der Waals surface area contributed by atoms with Gasteiger partial charge in [0.1, 0.15) is 6.33 Å². The molecule has 0 unspecified atom stereocenters. The van der Waals surface area contributed by atoms with Gasteiger partial charge in [-0.05, 0) is 42.8 Å². The molecule has 0 saturated heterocycles. The van der Waals surface area contributed by atoms with E-state index in [0.717, 1.165) is 11.3 Å². The molecule has 1 heterocycles. The third kappa shape index (κ3) is 3.96. The van der Waals surface area contributed by atoms with Gasteiger partial charge in [0.05, 0.1) is 11.4 Å². The minimum absolute atomic E-state index is 0.110. The summed E-state index contributed by atoms with van der Waals surface area (Å²) in [6.07, 6.45) is 1.65. The lowest BCUT2D eigenvalue weighted by molar-refractivity contribution is -0.113. The van der Waals surface area contributed by atoms with Crippen LogP contribution in [0.15, 0.2) is 60.0 Å². The number of thioether (sulfide) groups is 1. The lowest BCUT2D eigenvalue weighted by atomic mass is 10.2. The number of hydrogen-bond acceptors (Lipinski definition) is 4. The van der Waals surface area contributed by atoms with Crippen LogP contribution in [0.3, 0.4) is 0 Å². The monoisotopic (exact) mass is 358 g/mol. The number of nitrogens with one attached hydrogen (secondary N) is 1. The molecule has 24 heavy (non-hydrogen) atoms. The van der Waals surface area contributed by atoms with E-state index < -0.39 is 0 Å². The van der Waals surface area contributed by atoms with Crippen molar-refractivity contribution in [1.29, 1.82) is 0 Å². The molecule has 0 aliphatic carbocycles. The second kappa shape index (κ2) is 7.51. The van der Waals surface area contributed by atoms with Crippen molar-refractivity contribution in [2.75, 3.05) is 11.1 Å². The summed E-state index contributed by atoms with van der Waals surface area (Å²) in [4.78, 5) is 12.1. The van der Waals surface area contributed by atoms with Crippen LogP contribution in [0, 0.1) is 6.92 Å². The Kier molecular flexibility index (Phi) is 5.17. The maximum Gasteiger partial charge on any atom is 0.234 e. The molecule has 7 heteroatoms. The minimum atomic E-state index is -0.110. The number of benzene rings is 2. The van der Waals surface area contributed by atoms with Crippen molar-refractivity contribution >= 4 is 35.0 Å². The fourth-order valence-electron chi connectivity index (χ4n) is 2.18. The molecule has 0 aliphatic rings. The summed E-state index contributed by atoms with van der Waals surface area (Å²) in [7, 11) is 0. The van der Waals surface area contributed by atoms with Crippen LogP contribution in [0.4, 0.5) is 5.69 Å². The highest BCUT2D eigenvalue weighted by Gasteiger charge is 2.11. The molecule has 5 nitrogen and oxygen atoms in total. The molecule has 0 aliphatic heterocycles. The molecule has 0 atom stereocenters. The van der Waals surface area contributed by atoms with Crippen molar-refractivity contribution in [3.8, 4) is 5.69 Å². The highest BCUT2D eigenvalue weighted by molar-refractivity contribution is 7.99. The van der Waals surface area contributed by atoms with Crippen LogP contribution in [0.2, 0.25) is 5.02 Å². The first kappa shape index (κ1) is 16.5. The number of hydrogen-bond donors (Lipinski definition) is 1. The Morgan fingerprint density at radius 3 is 2.71 bits per heavy atom. The number of carbonyl (C=O) groups excluding carboxylic acids is 1. The second-order valence-corrected chi connectivity index (χ2v) is 6.49. The molecule has 122 valence electrons. The zero-order valence-electron chi connectivity index (χ0n) is 12.9. The van der Waals surface area contributed by atoms with Crippen LogP contribution in [0.25, 0.3) is 5.69 Å². The van der Waals surface area contributed by atoms with E-state index in [1.807, 2.05) is 35.8 Å². The Labute approximate surface area is 149 Å². The second-order valence-electron chi connectivity index (χ2n) is 5.11. The molecule has 1 amide bonds. The number of nitrogens with zero attached hydrogens (tertiary/aromatic N) is 3. The Morgan fingerprint density at radius 2 is 1.96 bits per heavy atom. The number of anilines is 1. The molecule has 0 saturated carbocycles. The number of rotatable bonds is 5. The van der Waals surface area contributed by atoms with Gasteiger partial charge in [-0.15, -0.1) is 10.2 Å². The first-order valence-electron chi connectivity index (χ1n) is 7.28. The Bertz CT molecular complexity index is 848. The lowest BCUT2D eigenvalue weighted by Crippen LogP contribution is -2.14. The van der Waals surface area contributed by atoms with Gasteiger partial charge in [-0.1, -0.05) is 41.6 Å². The fourth-order valence-corrected chi connectivity index (χ4v) is 3.03. The summed E-state index contributed by atoms with van der Waals surface area (Å²) in [5, 5.41) is 12.2. The van der Waals surface area contributed by atoms with E-state index in [1.165, 1.54) is 11.8 Å². The topological polar surface area (TPSA) is 59.8 Å². The van der Waals surface area contributed by atoms with E-state index in [0.29, 0.717) is 15.9 Å². The molecule has 1 N–H and O–H groups in total. The number of carbonyl (C=O) groups is 1. The predicted molar refractivity (Wildman–Crippen MR) is 96.9 cm³/mol. The molecule has 0 radical (unpaired) electrons. The van der Waals surface area contributed by atoms with Crippen LogP contribution in [0.1, 0.15) is 5.56 Å². The quantitative estimate of drug-likeness (QED) is 0.701. The van der Waals surface area contributed by atoms with Crippen LogP contribution in [-0.4, -0.2) is 26.4 Å². The Morgan fingerprint density at radius 1 is 1.21 bits per heavy atom. The van der Waals surface area contributed by atoms with Crippen LogP contribution >= 0.6 is 23.4 Å². The van der Waals surface area contributed by atoms with Gasteiger partial charge in [-0.25, -0.2) is 0 Å². The van der Waals surface area contributed by atoms with Gasteiger partial charge in [-0.2, -0.15) is 0 Å². The summed E-state index contributed by atoms with van der Waals surface area (Å²) < 4.78 is 1.88. The first-order chi connectivity index (χ1) is 11.6. The molecule has 0 fully saturated rings. The maximum absolute atomic E-state index is 12.1. The maximum atomic E-state index is 12.1. The van der Waals surface area contributed by atoms with Gasteiger partial charge >= 0.3 is 0 Å². The summed E-state index contributed by atoms with van der Waals surface area (Å²) in [5.74, 6) is 0.134. The molecule has 2 aromatic carbocycles. The van der Waals surface area contributed by atoms with Gasteiger partial charge in [0.2, 0.25) is 5.91 Å². The summed E-state index contributed by atoms with van der Waals surface area (Å²) in [5.41, 5.74) is 2.83. The molecular formula is C17H15ClN4OS. The standard InChI is InChI=1S/C17H15ClN4OS/c1-12-4-2-3-5-15(12)22-11-19-21-17(22)24-10-16(23)20-14-8-6-13(18)7-9-14/h2-9,11H,10H2,1H3,(H,20,23). The Hall–Kier alpha value is -2.31. The van der Waals surface area contributed by atoms with Crippen LogP contribution in [0.5, 0.6) is 0 Å². The summed E-state index contributed by atoms with van der Waals surface area (Å²) in [6.45, 7) is 2.02. The van der Waals surface area contributed by atoms with Crippen molar-refractivity contribution in [2.24, 2.45) is 0 Å². The average Bonchev–Trinajstić information content (AvgIpc) is 3.04. The van der Waals surface area contributed by atoms with Gasteiger partial charge in [0.15, 0.2) is 5.16 Å². The third-order valence-electron chi connectivity index (χ3n) is 3.35. The normalized spacial score (nSPS) is 10.6. The molecule has 3 aromatic rings. The van der Waals surface area contributed by atoms with Crippen LogP contribution in [-0.2, 0) is 4.79 Å². The number of aryl methyl sites for hydroxylation is 1. The van der Waals surface area contributed by atoms with E-state index in [4.69, 9.17) is 11.6 Å². The van der Waals surface area contributed by atoms with Gasteiger partial charge in [0, 0.05) is 10.7 Å². The van der Waals surface area contributed by atoms with Crippen molar-refractivity contribution in [3.63, 3.8) is 0 Å². The zero-order chi connectivity index (χ0) is 16.9. The van der Waals surface area contributed by atoms with E-state index in [-0.39, 0.29) is 11.7 Å². The average molecular weight is 359 g/mol. The van der Waals surface area contributed by atoms with Gasteiger partial charge < -0.3 is 5.32 Å². The third-order valence-corrected chi connectivity index (χ3v) is 4.55. The number of amides is 1. The predicted octanol–water partition coefficient (Wildman–Crippen LogP) is 3.96. The fraction of sp³-hybridized carbons (Fsp3) is 0.118. The SMILES string of the molecule is Cc1ccccc1-n1cnnc1SCC(=O)Nc1ccc(Cl)cc1. The molecule has 0 bridgehead atoms. The summed E-state index contributed by atoms with van der Waals surface area (Å²) in [6, 6.07) is 15.0. The van der Waals surface area contributed by atoms with E-state index in [2.05, 4.69) is 15.5 Å². The smallest absolute Gasteiger partial charge is 0.234 e. The molecular weight excluding hydrogens is 344 g/mol. The van der Waals surface area contributed by atoms with Crippen molar-refractivity contribution in [3.05, 3.63) is 65.4 Å². The van der Waals surface area contributed by atoms with E-state index >= 15 is 0 Å². The van der Waals surface area contributed by atoms with Gasteiger partial charge in [0.25, 0.3) is 0 Å². The largest absolute Gasteiger partial charge is 0.325 e.